The Balaban J connectivity index is 1.67. The molecule has 5 aromatic rings. The Bertz CT molecular complexity index is 1640. The normalized spacial score (nSPS) is 12.6. The predicted molar refractivity (Wildman–Crippen MR) is 126 cm³/mol. The Morgan fingerprint density at radius 2 is 1.97 bits per heavy atom. The van der Waals surface area contributed by atoms with Gasteiger partial charge < -0.3 is 18.7 Å². The standard InChI is InChI=1S/C23H20F2N6O3S/c1-30-11-18(17-3-4-26-21(17)23(30)32)19-8-14(2-5-28-35(33)34)20-22(29-19)31(12-27-20)10-13-6-15(24)9-16(25)7-13/h3-4,6-9,11-12,26,28H,2,5,10H2,1H3,(H,33,34)/p-1. The van der Waals surface area contributed by atoms with E-state index in [1.54, 1.807) is 30.1 Å². The van der Waals surface area contributed by atoms with Crippen LogP contribution in [0.3, 0.4) is 0 Å². The zero-order chi connectivity index (χ0) is 24.7. The van der Waals surface area contributed by atoms with E-state index in [0.29, 0.717) is 45.3 Å². The number of rotatable bonds is 7. The van der Waals surface area contributed by atoms with E-state index in [0.717, 1.165) is 11.6 Å². The van der Waals surface area contributed by atoms with Crippen molar-refractivity contribution in [2.24, 2.45) is 7.05 Å². The molecule has 0 amide bonds. The summed E-state index contributed by atoms with van der Waals surface area (Å²) in [6, 6.07) is 6.88. The molecule has 0 fully saturated rings. The van der Waals surface area contributed by atoms with E-state index in [1.807, 2.05) is 6.07 Å². The van der Waals surface area contributed by atoms with Gasteiger partial charge in [0.15, 0.2) is 5.65 Å². The summed E-state index contributed by atoms with van der Waals surface area (Å²) in [5.41, 5.74) is 3.61. The molecule has 0 bridgehead atoms. The van der Waals surface area contributed by atoms with Crippen LogP contribution in [0.25, 0.3) is 33.3 Å². The maximum Gasteiger partial charge on any atom is 0.274 e. The number of H-pyrrole nitrogens is 1. The summed E-state index contributed by atoms with van der Waals surface area (Å²) in [6.07, 6.45) is 5.21. The van der Waals surface area contributed by atoms with Gasteiger partial charge in [0, 0.05) is 54.3 Å². The first-order valence-electron chi connectivity index (χ1n) is 10.6. The zero-order valence-electron chi connectivity index (χ0n) is 18.4. The van der Waals surface area contributed by atoms with Gasteiger partial charge in [0.05, 0.1) is 18.6 Å². The van der Waals surface area contributed by atoms with Crippen LogP contribution in [-0.4, -0.2) is 39.4 Å². The first kappa shape index (κ1) is 23.0. The van der Waals surface area contributed by atoms with Crippen molar-refractivity contribution in [2.45, 2.75) is 13.0 Å². The van der Waals surface area contributed by atoms with Gasteiger partial charge in [-0.15, -0.1) is 0 Å². The third-order valence-electron chi connectivity index (χ3n) is 5.71. The van der Waals surface area contributed by atoms with E-state index in [2.05, 4.69) is 14.7 Å². The molecular weight excluding hydrogens is 478 g/mol. The van der Waals surface area contributed by atoms with Crippen molar-refractivity contribution in [1.29, 1.82) is 0 Å². The molecule has 0 saturated carbocycles. The molecule has 2 N–H and O–H groups in total. The van der Waals surface area contributed by atoms with Crippen LogP contribution in [0.1, 0.15) is 11.1 Å². The number of pyridine rings is 2. The molecule has 5 rings (SSSR count). The number of aromatic amines is 1. The molecule has 4 aromatic heterocycles. The number of fused-ring (bicyclic) bond motifs is 2. The van der Waals surface area contributed by atoms with E-state index in [-0.39, 0.29) is 18.6 Å². The predicted octanol–water partition coefficient (Wildman–Crippen LogP) is 2.53. The number of aromatic nitrogens is 5. The SMILES string of the molecule is Cn1cc(-c2cc(CCNS(=O)[O-])c3ncn(Cc4cc(F)cc(F)c4)c3n2)c2cc[nH]c2c1=O. The summed E-state index contributed by atoms with van der Waals surface area (Å²) < 4.78 is 54.9. The Morgan fingerprint density at radius 3 is 2.71 bits per heavy atom. The molecule has 0 radical (unpaired) electrons. The number of imidazole rings is 1. The Morgan fingerprint density at radius 1 is 1.20 bits per heavy atom. The lowest BCUT2D eigenvalue weighted by molar-refractivity contribution is 0.523. The maximum absolute atomic E-state index is 13.7. The highest BCUT2D eigenvalue weighted by Crippen LogP contribution is 2.29. The Kier molecular flexibility index (Phi) is 6.01. The van der Waals surface area contributed by atoms with E-state index in [4.69, 9.17) is 4.98 Å². The molecule has 0 spiro atoms. The van der Waals surface area contributed by atoms with E-state index < -0.39 is 22.9 Å². The van der Waals surface area contributed by atoms with Gasteiger partial charge in [-0.05, 0) is 41.8 Å². The topological polar surface area (TPSA) is 121 Å². The number of aryl methyl sites for hydroxylation is 1. The van der Waals surface area contributed by atoms with Crippen molar-refractivity contribution in [3.05, 3.63) is 82.2 Å². The van der Waals surface area contributed by atoms with Crippen LogP contribution >= 0.6 is 0 Å². The monoisotopic (exact) mass is 497 g/mol. The van der Waals surface area contributed by atoms with Crippen LogP contribution in [0.2, 0.25) is 0 Å². The van der Waals surface area contributed by atoms with Crippen LogP contribution in [-0.2, 0) is 31.3 Å². The minimum absolute atomic E-state index is 0.122. The van der Waals surface area contributed by atoms with Crippen molar-refractivity contribution < 1.29 is 17.5 Å². The second-order valence-corrected chi connectivity index (χ2v) is 8.85. The largest absolute Gasteiger partial charge is 0.760 e. The third-order valence-corrected chi connectivity index (χ3v) is 6.15. The van der Waals surface area contributed by atoms with Crippen LogP contribution in [0, 0.1) is 11.6 Å². The highest BCUT2D eigenvalue weighted by Gasteiger charge is 2.17. The van der Waals surface area contributed by atoms with E-state index >= 15 is 0 Å². The first-order chi connectivity index (χ1) is 16.8. The molecule has 0 aliphatic heterocycles. The molecule has 0 aliphatic rings. The van der Waals surface area contributed by atoms with Gasteiger partial charge in [-0.25, -0.2) is 23.5 Å². The number of hydrogen-bond donors (Lipinski definition) is 2. The quantitative estimate of drug-likeness (QED) is 0.335. The molecule has 0 saturated heterocycles. The van der Waals surface area contributed by atoms with Gasteiger partial charge in [0.2, 0.25) is 0 Å². The third kappa shape index (κ3) is 4.50. The average molecular weight is 498 g/mol. The molecule has 4 heterocycles. The minimum atomic E-state index is -2.41. The second-order valence-electron chi connectivity index (χ2n) is 8.09. The fourth-order valence-electron chi connectivity index (χ4n) is 4.18. The van der Waals surface area contributed by atoms with Crippen LogP contribution < -0.4 is 10.3 Å². The number of hydrogen-bond acceptors (Lipinski definition) is 5. The maximum atomic E-state index is 13.7. The lowest BCUT2D eigenvalue weighted by Crippen LogP contribution is -2.19. The fraction of sp³-hybridized carbons (Fsp3) is 0.174. The molecule has 180 valence electrons. The molecule has 1 unspecified atom stereocenters. The van der Waals surface area contributed by atoms with Gasteiger partial charge in [0.25, 0.3) is 5.56 Å². The van der Waals surface area contributed by atoms with Crippen LogP contribution in [0.15, 0.2) is 53.8 Å². The van der Waals surface area contributed by atoms with Crippen molar-refractivity contribution in [1.82, 2.24) is 28.8 Å². The number of nitrogens with one attached hydrogen (secondary N) is 2. The summed E-state index contributed by atoms with van der Waals surface area (Å²) in [6.45, 7) is 0.264. The number of benzene rings is 1. The Labute approximate surface area is 199 Å². The Hall–Kier alpha value is -3.74. The van der Waals surface area contributed by atoms with Crippen LogP contribution in [0.5, 0.6) is 0 Å². The molecule has 9 nitrogen and oxygen atoms in total. The molecule has 12 heteroatoms. The summed E-state index contributed by atoms with van der Waals surface area (Å²) in [5.74, 6) is -1.37. The van der Waals surface area contributed by atoms with E-state index in [9.17, 15) is 22.3 Å². The minimum Gasteiger partial charge on any atom is -0.760 e. The zero-order valence-corrected chi connectivity index (χ0v) is 19.2. The van der Waals surface area contributed by atoms with Gasteiger partial charge >= 0.3 is 0 Å². The lowest BCUT2D eigenvalue weighted by Gasteiger charge is -2.12. The molecule has 1 aromatic carbocycles. The van der Waals surface area contributed by atoms with Crippen molar-refractivity contribution in [3.8, 4) is 11.3 Å². The number of nitrogens with zero attached hydrogens (tertiary/aromatic N) is 4. The summed E-state index contributed by atoms with van der Waals surface area (Å²) >= 11 is -2.41. The van der Waals surface area contributed by atoms with Gasteiger partial charge in [-0.1, -0.05) is 0 Å². The second kappa shape index (κ2) is 9.13. The molecule has 0 aliphatic carbocycles. The van der Waals surface area contributed by atoms with Gasteiger partial charge in [0.1, 0.15) is 22.7 Å². The van der Waals surface area contributed by atoms with Crippen molar-refractivity contribution >= 4 is 33.3 Å². The smallest absolute Gasteiger partial charge is 0.274 e. The van der Waals surface area contributed by atoms with Crippen molar-refractivity contribution in [3.63, 3.8) is 0 Å². The van der Waals surface area contributed by atoms with Gasteiger partial charge in [-0.2, -0.15) is 0 Å². The van der Waals surface area contributed by atoms with Crippen molar-refractivity contribution in [2.75, 3.05) is 6.54 Å². The summed E-state index contributed by atoms with van der Waals surface area (Å²) in [5, 5.41) is 0.683. The highest BCUT2D eigenvalue weighted by atomic mass is 32.2. The van der Waals surface area contributed by atoms with Gasteiger partial charge in [-0.3, -0.25) is 9.00 Å². The average Bonchev–Trinajstić information content (AvgIpc) is 3.43. The summed E-state index contributed by atoms with van der Waals surface area (Å²) in [7, 11) is 1.64. The fourth-order valence-corrected chi connectivity index (χ4v) is 4.45. The summed E-state index contributed by atoms with van der Waals surface area (Å²) in [4.78, 5) is 24.7. The van der Waals surface area contributed by atoms with E-state index in [1.165, 1.54) is 23.0 Å². The molecule has 1 atom stereocenters. The number of halogens is 2. The molecular formula is C23H19F2N6O3S-. The van der Waals surface area contributed by atoms with Crippen LogP contribution in [0.4, 0.5) is 8.78 Å². The lowest BCUT2D eigenvalue weighted by atomic mass is 10.0. The molecule has 35 heavy (non-hydrogen) atoms. The first-order valence-corrected chi connectivity index (χ1v) is 11.7. The highest BCUT2D eigenvalue weighted by molar-refractivity contribution is 7.77.